The summed E-state index contributed by atoms with van der Waals surface area (Å²) >= 11 is 0. The molecule has 2 aromatic rings. The normalized spacial score (nSPS) is 16.1. The molecule has 3 rings (SSSR count). The maximum Gasteiger partial charge on any atom is 0.235 e. The molecule has 1 aliphatic rings. The molecule has 0 aliphatic heterocycles. The zero-order valence-electron chi connectivity index (χ0n) is 16.8. The molecular formula is C24H31NO2. The molecule has 1 saturated carbocycles. The maximum absolute atomic E-state index is 13.4. The van der Waals surface area contributed by atoms with Gasteiger partial charge in [0.15, 0.2) is 0 Å². The summed E-state index contributed by atoms with van der Waals surface area (Å²) in [5.41, 5.74) is 2.61. The van der Waals surface area contributed by atoms with Gasteiger partial charge in [-0.05, 0) is 55.0 Å². The van der Waals surface area contributed by atoms with Crippen LogP contribution in [-0.2, 0) is 10.2 Å². The van der Waals surface area contributed by atoms with Gasteiger partial charge in [-0.25, -0.2) is 0 Å². The molecular weight excluding hydrogens is 334 g/mol. The first-order chi connectivity index (χ1) is 13.0. The van der Waals surface area contributed by atoms with Crippen LogP contribution < -0.4 is 10.1 Å². The molecule has 1 fully saturated rings. The molecule has 2 aromatic carbocycles. The summed E-state index contributed by atoms with van der Waals surface area (Å²) in [6, 6.07) is 16.2. The van der Waals surface area contributed by atoms with E-state index >= 15 is 0 Å². The highest BCUT2D eigenvalue weighted by Gasteiger charge is 2.41. The second kappa shape index (κ2) is 8.60. The lowest BCUT2D eigenvalue weighted by Gasteiger charge is -2.36. The van der Waals surface area contributed by atoms with Crippen LogP contribution in [0.2, 0.25) is 0 Å². The molecule has 0 radical (unpaired) electrons. The van der Waals surface area contributed by atoms with E-state index in [-0.39, 0.29) is 5.91 Å². The number of anilines is 1. The van der Waals surface area contributed by atoms with E-state index in [1.165, 1.54) is 6.42 Å². The topological polar surface area (TPSA) is 38.3 Å². The van der Waals surface area contributed by atoms with Crippen molar-refractivity contribution in [3.05, 3.63) is 59.7 Å². The van der Waals surface area contributed by atoms with E-state index < -0.39 is 5.41 Å². The van der Waals surface area contributed by atoms with Gasteiger partial charge >= 0.3 is 0 Å². The van der Waals surface area contributed by atoms with Gasteiger partial charge in [0.25, 0.3) is 0 Å². The predicted molar refractivity (Wildman–Crippen MR) is 111 cm³/mol. The Hall–Kier alpha value is -2.29. The standard InChI is InChI=1S/C24H31NO2/c1-18(2)17-27-22-13-12-21(16-19(22)3)25-23(26)24(14-8-5-9-15-24)20-10-6-4-7-11-20/h4,6-7,10-13,16,18H,5,8-9,14-15,17H2,1-3H3,(H,25,26). The van der Waals surface area contributed by atoms with E-state index in [4.69, 9.17) is 4.74 Å². The Morgan fingerprint density at radius 2 is 1.78 bits per heavy atom. The Bertz CT molecular complexity index is 761. The first-order valence-corrected chi connectivity index (χ1v) is 10.1. The SMILES string of the molecule is Cc1cc(NC(=O)C2(c3ccccc3)CCCCC2)ccc1OCC(C)C. The third-order valence-electron chi connectivity index (χ3n) is 5.47. The molecule has 0 spiro atoms. The molecule has 0 saturated heterocycles. The highest BCUT2D eigenvalue weighted by Crippen LogP contribution is 2.40. The minimum Gasteiger partial charge on any atom is -0.493 e. The van der Waals surface area contributed by atoms with Crippen molar-refractivity contribution in [3.63, 3.8) is 0 Å². The third-order valence-corrected chi connectivity index (χ3v) is 5.47. The molecule has 0 heterocycles. The van der Waals surface area contributed by atoms with Crippen LogP contribution in [0.1, 0.15) is 57.1 Å². The Morgan fingerprint density at radius 1 is 1.07 bits per heavy atom. The lowest BCUT2D eigenvalue weighted by molar-refractivity contribution is -0.122. The summed E-state index contributed by atoms with van der Waals surface area (Å²) in [5.74, 6) is 1.49. The summed E-state index contributed by atoms with van der Waals surface area (Å²) in [7, 11) is 0. The van der Waals surface area contributed by atoms with Crippen LogP contribution in [-0.4, -0.2) is 12.5 Å². The predicted octanol–water partition coefficient (Wildman–Crippen LogP) is 5.87. The summed E-state index contributed by atoms with van der Waals surface area (Å²) in [6.07, 6.45) is 5.24. The van der Waals surface area contributed by atoms with Crippen molar-refractivity contribution in [2.24, 2.45) is 5.92 Å². The monoisotopic (exact) mass is 365 g/mol. The lowest BCUT2D eigenvalue weighted by atomic mass is 9.68. The molecule has 1 N–H and O–H groups in total. The maximum atomic E-state index is 13.4. The van der Waals surface area contributed by atoms with E-state index in [0.717, 1.165) is 48.2 Å². The highest BCUT2D eigenvalue weighted by molar-refractivity contribution is 5.99. The summed E-state index contributed by atoms with van der Waals surface area (Å²) in [6.45, 7) is 7.00. The largest absolute Gasteiger partial charge is 0.493 e. The zero-order chi connectivity index (χ0) is 19.3. The quantitative estimate of drug-likeness (QED) is 0.695. The van der Waals surface area contributed by atoms with Crippen LogP contribution in [0.4, 0.5) is 5.69 Å². The van der Waals surface area contributed by atoms with Gasteiger partial charge in [0.05, 0.1) is 12.0 Å². The fourth-order valence-corrected chi connectivity index (χ4v) is 3.96. The van der Waals surface area contributed by atoms with Crippen LogP contribution in [0.25, 0.3) is 0 Å². The molecule has 3 heteroatoms. The number of hydrogen-bond donors (Lipinski definition) is 1. The first-order valence-electron chi connectivity index (χ1n) is 10.1. The van der Waals surface area contributed by atoms with E-state index in [9.17, 15) is 4.79 Å². The fourth-order valence-electron chi connectivity index (χ4n) is 3.96. The van der Waals surface area contributed by atoms with Gasteiger partial charge in [0.1, 0.15) is 5.75 Å². The molecule has 0 atom stereocenters. The Kier molecular flexibility index (Phi) is 6.20. The Balaban J connectivity index is 1.79. The van der Waals surface area contributed by atoms with Crippen molar-refractivity contribution < 1.29 is 9.53 Å². The number of benzene rings is 2. The van der Waals surface area contributed by atoms with Gasteiger partial charge in [-0.2, -0.15) is 0 Å². The van der Waals surface area contributed by atoms with Gasteiger partial charge in [0, 0.05) is 5.69 Å². The number of carbonyl (C=O) groups excluding carboxylic acids is 1. The van der Waals surface area contributed by atoms with Crippen molar-refractivity contribution in [1.29, 1.82) is 0 Å². The van der Waals surface area contributed by atoms with Crippen LogP contribution in [0.5, 0.6) is 5.75 Å². The van der Waals surface area contributed by atoms with Crippen molar-refractivity contribution in [1.82, 2.24) is 0 Å². The molecule has 3 nitrogen and oxygen atoms in total. The Labute approximate surface area is 163 Å². The number of aryl methyl sites for hydroxylation is 1. The van der Waals surface area contributed by atoms with Crippen LogP contribution in [0.15, 0.2) is 48.5 Å². The molecule has 0 bridgehead atoms. The summed E-state index contributed by atoms with van der Waals surface area (Å²) in [5, 5.41) is 3.19. The van der Waals surface area contributed by atoms with Crippen molar-refractivity contribution in [2.75, 3.05) is 11.9 Å². The average Bonchev–Trinajstić information content (AvgIpc) is 2.68. The zero-order valence-corrected chi connectivity index (χ0v) is 16.8. The second-order valence-corrected chi connectivity index (χ2v) is 8.15. The average molecular weight is 366 g/mol. The number of rotatable bonds is 6. The highest BCUT2D eigenvalue weighted by atomic mass is 16.5. The number of ether oxygens (including phenoxy) is 1. The molecule has 1 amide bonds. The minimum atomic E-state index is -0.416. The molecule has 0 aromatic heterocycles. The third kappa shape index (κ3) is 4.52. The minimum absolute atomic E-state index is 0.114. The van der Waals surface area contributed by atoms with Gasteiger partial charge in [-0.15, -0.1) is 0 Å². The van der Waals surface area contributed by atoms with E-state index in [1.54, 1.807) is 0 Å². The second-order valence-electron chi connectivity index (χ2n) is 8.15. The molecule has 144 valence electrons. The van der Waals surface area contributed by atoms with Crippen LogP contribution in [0.3, 0.4) is 0 Å². The lowest BCUT2D eigenvalue weighted by Crippen LogP contribution is -2.42. The number of carbonyl (C=O) groups is 1. The van der Waals surface area contributed by atoms with Crippen molar-refractivity contribution in [2.45, 2.75) is 58.3 Å². The number of hydrogen-bond acceptors (Lipinski definition) is 2. The number of nitrogens with one attached hydrogen (secondary N) is 1. The molecule has 0 unspecified atom stereocenters. The number of amides is 1. The van der Waals surface area contributed by atoms with Gasteiger partial charge < -0.3 is 10.1 Å². The van der Waals surface area contributed by atoms with Gasteiger partial charge in [-0.1, -0.05) is 63.4 Å². The summed E-state index contributed by atoms with van der Waals surface area (Å²) < 4.78 is 5.85. The van der Waals surface area contributed by atoms with Crippen LogP contribution in [0, 0.1) is 12.8 Å². The summed E-state index contributed by atoms with van der Waals surface area (Å²) in [4.78, 5) is 13.4. The van der Waals surface area contributed by atoms with Gasteiger partial charge in [0.2, 0.25) is 5.91 Å². The van der Waals surface area contributed by atoms with E-state index in [0.29, 0.717) is 12.5 Å². The van der Waals surface area contributed by atoms with Crippen LogP contribution >= 0.6 is 0 Å². The van der Waals surface area contributed by atoms with Crippen molar-refractivity contribution in [3.8, 4) is 5.75 Å². The van der Waals surface area contributed by atoms with E-state index in [2.05, 4.69) is 31.3 Å². The molecule has 27 heavy (non-hydrogen) atoms. The molecule has 1 aliphatic carbocycles. The smallest absolute Gasteiger partial charge is 0.235 e. The Morgan fingerprint density at radius 3 is 2.41 bits per heavy atom. The first kappa shape index (κ1) is 19.5. The van der Waals surface area contributed by atoms with Gasteiger partial charge in [-0.3, -0.25) is 4.79 Å². The van der Waals surface area contributed by atoms with E-state index in [1.807, 2.05) is 43.3 Å². The van der Waals surface area contributed by atoms with Crippen molar-refractivity contribution >= 4 is 11.6 Å². The fraction of sp³-hybridized carbons (Fsp3) is 0.458.